The number of rotatable bonds is 4. The highest BCUT2D eigenvalue weighted by atomic mass is 35.5. The van der Waals surface area contributed by atoms with Crippen molar-refractivity contribution in [3.63, 3.8) is 0 Å². The van der Waals surface area contributed by atoms with Gasteiger partial charge in [-0.2, -0.15) is 5.10 Å². The van der Waals surface area contributed by atoms with Gasteiger partial charge in [0, 0.05) is 26.1 Å². The predicted octanol–water partition coefficient (Wildman–Crippen LogP) is 1.82. The fourth-order valence-corrected chi connectivity index (χ4v) is 2.64. The molecule has 5 heteroatoms. The second kappa shape index (κ2) is 5.38. The van der Waals surface area contributed by atoms with Crippen LogP contribution in [0.1, 0.15) is 30.7 Å². The minimum atomic E-state index is 0.0883. The van der Waals surface area contributed by atoms with Crippen molar-refractivity contribution in [3.8, 4) is 0 Å². The molecule has 17 heavy (non-hydrogen) atoms. The first-order valence-corrected chi connectivity index (χ1v) is 6.51. The molecule has 0 aliphatic carbocycles. The highest BCUT2D eigenvalue weighted by Gasteiger charge is 2.21. The monoisotopic (exact) mass is 257 g/mol. The third-order valence-electron chi connectivity index (χ3n) is 3.31. The molecule has 1 aliphatic heterocycles. The van der Waals surface area contributed by atoms with Crippen LogP contribution in [-0.4, -0.2) is 28.5 Å². The number of hydrogen-bond donors (Lipinski definition) is 1. The van der Waals surface area contributed by atoms with E-state index in [2.05, 4.69) is 5.10 Å². The molecule has 0 saturated carbocycles. The highest BCUT2D eigenvalue weighted by molar-refractivity contribution is 6.31. The summed E-state index contributed by atoms with van der Waals surface area (Å²) in [6.07, 6.45) is 4.28. The van der Waals surface area contributed by atoms with Crippen molar-refractivity contribution in [1.29, 1.82) is 0 Å². The second-order valence-corrected chi connectivity index (χ2v) is 5.18. The lowest BCUT2D eigenvalue weighted by Gasteiger charge is -2.16. The second-order valence-electron chi connectivity index (χ2n) is 4.80. The van der Waals surface area contributed by atoms with E-state index in [-0.39, 0.29) is 6.04 Å². The van der Waals surface area contributed by atoms with Crippen molar-refractivity contribution in [3.05, 3.63) is 16.4 Å². The van der Waals surface area contributed by atoms with Crippen LogP contribution in [0.3, 0.4) is 0 Å². The van der Waals surface area contributed by atoms with Gasteiger partial charge in [-0.3, -0.25) is 4.68 Å². The molecule has 2 atom stereocenters. The molecule has 2 unspecified atom stereocenters. The van der Waals surface area contributed by atoms with Crippen LogP contribution in [0.2, 0.25) is 5.02 Å². The Morgan fingerprint density at radius 2 is 2.41 bits per heavy atom. The van der Waals surface area contributed by atoms with Crippen molar-refractivity contribution >= 4 is 11.6 Å². The van der Waals surface area contributed by atoms with E-state index in [4.69, 9.17) is 22.1 Å². The van der Waals surface area contributed by atoms with Gasteiger partial charge in [0.25, 0.3) is 0 Å². The maximum Gasteiger partial charge on any atom is 0.0847 e. The van der Waals surface area contributed by atoms with E-state index in [1.54, 1.807) is 0 Å². The number of aromatic nitrogens is 2. The van der Waals surface area contributed by atoms with Crippen molar-refractivity contribution < 1.29 is 4.74 Å². The summed E-state index contributed by atoms with van der Waals surface area (Å²) in [6, 6.07) is 0.0883. The summed E-state index contributed by atoms with van der Waals surface area (Å²) in [5, 5.41) is 5.04. The zero-order chi connectivity index (χ0) is 12.4. The molecular weight excluding hydrogens is 238 g/mol. The Balaban J connectivity index is 1.95. The van der Waals surface area contributed by atoms with Gasteiger partial charge < -0.3 is 10.5 Å². The minimum Gasteiger partial charge on any atom is -0.378 e. The largest absolute Gasteiger partial charge is 0.378 e. The maximum atomic E-state index is 6.20. The van der Waals surface area contributed by atoms with Gasteiger partial charge in [0.1, 0.15) is 0 Å². The number of hydrogen-bond acceptors (Lipinski definition) is 3. The van der Waals surface area contributed by atoms with Gasteiger partial charge in [0.2, 0.25) is 0 Å². The third-order valence-corrected chi connectivity index (χ3v) is 3.80. The van der Waals surface area contributed by atoms with Crippen molar-refractivity contribution in [2.24, 2.45) is 12.8 Å². The van der Waals surface area contributed by atoms with E-state index >= 15 is 0 Å². The summed E-state index contributed by atoms with van der Waals surface area (Å²) in [5.41, 5.74) is 8.04. The molecule has 4 nitrogen and oxygen atoms in total. The lowest BCUT2D eigenvalue weighted by atomic mass is 10.0. The summed E-state index contributed by atoms with van der Waals surface area (Å²) in [6.45, 7) is 2.79. The number of nitrogens with two attached hydrogens (primary N) is 1. The van der Waals surface area contributed by atoms with E-state index in [0.717, 1.165) is 48.7 Å². The fourth-order valence-electron chi connectivity index (χ4n) is 2.40. The van der Waals surface area contributed by atoms with Gasteiger partial charge in [-0.05, 0) is 26.2 Å². The Morgan fingerprint density at radius 1 is 1.65 bits per heavy atom. The van der Waals surface area contributed by atoms with Crippen molar-refractivity contribution in [1.82, 2.24) is 9.78 Å². The van der Waals surface area contributed by atoms with E-state index in [9.17, 15) is 0 Å². The number of ether oxygens (including phenoxy) is 1. The minimum absolute atomic E-state index is 0.0883. The molecular formula is C12H20ClN3O. The number of halogens is 1. The molecule has 2 N–H and O–H groups in total. The standard InChI is InChI=1S/C12H20ClN3O/c1-8-12(13)11(16(2)15-8)7-9(14)6-10-4-3-5-17-10/h9-10H,3-7,14H2,1-2H3. The van der Waals surface area contributed by atoms with E-state index in [1.165, 1.54) is 0 Å². The number of nitrogens with zero attached hydrogens (tertiary/aromatic N) is 2. The summed E-state index contributed by atoms with van der Waals surface area (Å²) in [5.74, 6) is 0. The van der Waals surface area contributed by atoms with Gasteiger partial charge in [0.05, 0.1) is 22.5 Å². The van der Waals surface area contributed by atoms with Crippen LogP contribution in [0.4, 0.5) is 0 Å². The van der Waals surface area contributed by atoms with Crippen molar-refractivity contribution in [2.45, 2.75) is 44.8 Å². The average Bonchev–Trinajstić information content (AvgIpc) is 2.83. The molecule has 1 saturated heterocycles. The van der Waals surface area contributed by atoms with Crippen LogP contribution in [0.15, 0.2) is 0 Å². The summed E-state index contributed by atoms with van der Waals surface area (Å²) >= 11 is 6.20. The van der Waals surface area contributed by atoms with E-state index in [0.29, 0.717) is 6.10 Å². The van der Waals surface area contributed by atoms with Crippen molar-refractivity contribution in [2.75, 3.05) is 6.61 Å². The lowest BCUT2D eigenvalue weighted by Crippen LogP contribution is -2.29. The van der Waals surface area contributed by atoms with E-state index in [1.807, 2.05) is 18.7 Å². The van der Waals surface area contributed by atoms with E-state index < -0.39 is 0 Å². The van der Waals surface area contributed by atoms with Gasteiger partial charge in [-0.15, -0.1) is 0 Å². The molecule has 96 valence electrons. The topological polar surface area (TPSA) is 53.1 Å². The number of aryl methyl sites for hydroxylation is 2. The first-order chi connectivity index (χ1) is 8.08. The SMILES string of the molecule is Cc1nn(C)c(CC(N)CC2CCCO2)c1Cl. The molecule has 0 amide bonds. The molecule has 1 aromatic rings. The Bertz CT molecular complexity index is 385. The Hall–Kier alpha value is -0.580. The van der Waals surface area contributed by atoms with Gasteiger partial charge in [-0.25, -0.2) is 0 Å². The summed E-state index contributed by atoms with van der Waals surface area (Å²) in [4.78, 5) is 0. The zero-order valence-corrected chi connectivity index (χ0v) is 11.2. The van der Waals surface area contributed by atoms with Crippen LogP contribution in [0.5, 0.6) is 0 Å². The Labute approximate surface area is 107 Å². The molecule has 1 aromatic heterocycles. The normalized spacial score (nSPS) is 22.0. The van der Waals surface area contributed by atoms with Gasteiger partial charge in [-0.1, -0.05) is 11.6 Å². The van der Waals surface area contributed by atoms with Crippen LogP contribution in [0.25, 0.3) is 0 Å². The molecule has 2 rings (SSSR count). The Morgan fingerprint density at radius 3 is 2.94 bits per heavy atom. The molecule has 2 heterocycles. The molecule has 0 spiro atoms. The summed E-state index contributed by atoms with van der Waals surface area (Å²) in [7, 11) is 1.91. The van der Waals surface area contributed by atoms with Crippen LogP contribution >= 0.6 is 11.6 Å². The van der Waals surface area contributed by atoms with Gasteiger partial charge in [0.15, 0.2) is 0 Å². The third kappa shape index (κ3) is 3.00. The lowest BCUT2D eigenvalue weighted by molar-refractivity contribution is 0.0982. The fraction of sp³-hybridized carbons (Fsp3) is 0.750. The zero-order valence-electron chi connectivity index (χ0n) is 10.4. The predicted molar refractivity (Wildman–Crippen MR) is 68.2 cm³/mol. The molecule has 0 aromatic carbocycles. The molecule has 1 aliphatic rings. The molecule has 1 fully saturated rings. The Kier molecular flexibility index (Phi) is 4.07. The highest BCUT2D eigenvalue weighted by Crippen LogP contribution is 2.23. The van der Waals surface area contributed by atoms with Crippen LogP contribution in [0, 0.1) is 6.92 Å². The first kappa shape index (κ1) is 12.9. The quantitative estimate of drug-likeness (QED) is 0.895. The molecule has 0 bridgehead atoms. The molecule has 0 radical (unpaired) electrons. The average molecular weight is 258 g/mol. The summed E-state index contributed by atoms with van der Waals surface area (Å²) < 4.78 is 7.42. The van der Waals surface area contributed by atoms with Crippen LogP contribution < -0.4 is 5.73 Å². The smallest absolute Gasteiger partial charge is 0.0847 e. The van der Waals surface area contributed by atoms with Crippen LogP contribution in [-0.2, 0) is 18.2 Å². The van der Waals surface area contributed by atoms with Gasteiger partial charge >= 0.3 is 0 Å². The first-order valence-electron chi connectivity index (χ1n) is 6.13. The maximum absolute atomic E-state index is 6.20.